The maximum Gasteiger partial charge on any atom is 0.220 e. The highest BCUT2D eigenvalue weighted by atomic mass is 16.7. The number of rotatable bonds is 58. The van der Waals surface area contributed by atoms with Crippen molar-refractivity contribution < 1.29 is 39.8 Å². The Bertz CT molecular complexity index is 1350. The van der Waals surface area contributed by atoms with Gasteiger partial charge in [0.2, 0.25) is 5.91 Å². The van der Waals surface area contributed by atoms with Crippen LogP contribution in [0.1, 0.15) is 322 Å². The number of amides is 1. The summed E-state index contributed by atoms with van der Waals surface area (Å²) >= 11 is 0. The minimum absolute atomic E-state index is 0.186. The average molecular weight is 1090 g/mol. The molecule has 452 valence electrons. The molecule has 1 aliphatic heterocycles. The number of allylic oxidation sites excluding steroid dienone is 7. The van der Waals surface area contributed by atoms with Crippen LogP contribution in [-0.2, 0) is 14.3 Å². The summed E-state index contributed by atoms with van der Waals surface area (Å²) in [6.07, 6.45) is 70.7. The van der Waals surface area contributed by atoms with E-state index >= 15 is 0 Å². The summed E-state index contributed by atoms with van der Waals surface area (Å²) < 4.78 is 11.3. The lowest BCUT2D eigenvalue weighted by molar-refractivity contribution is -0.302. The van der Waals surface area contributed by atoms with Crippen LogP contribution in [0.25, 0.3) is 0 Å². The number of hydrogen-bond acceptors (Lipinski definition) is 8. The second kappa shape index (κ2) is 57.4. The summed E-state index contributed by atoms with van der Waals surface area (Å²) in [6.45, 7) is 3.79. The largest absolute Gasteiger partial charge is 0.394 e. The predicted molar refractivity (Wildman–Crippen MR) is 327 cm³/mol. The molecule has 77 heavy (non-hydrogen) atoms. The maximum atomic E-state index is 13.1. The van der Waals surface area contributed by atoms with Crippen molar-refractivity contribution in [3.8, 4) is 0 Å². The third-order valence-electron chi connectivity index (χ3n) is 15.9. The molecule has 6 N–H and O–H groups in total. The molecular formula is C68H127NO8. The third kappa shape index (κ3) is 46.5. The zero-order valence-electron chi connectivity index (χ0n) is 50.5. The zero-order chi connectivity index (χ0) is 55.8. The fourth-order valence-electron chi connectivity index (χ4n) is 10.6. The molecule has 0 aliphatic carbocycles. The molecule has 1 fully saturated rings. The SMILES string of the molecule is CCCCCCC/C=C\C/C=C\CCCCCCCCCCCCCC(=O)NC(COC1OC(CO)C(O)C(O)C1O)C(O)/C=C/CC/C=C/CCCCCCCCCCCCCCCCCCCCCCCCCCC. The second-order valence-electron chi connectivity index (χ2n) is 23.3. The molecule has 0 saturated carbocycles. The molecule has 1 aliphatic rings. The Morgan fingerprint density at radius 3 is 1.17 bits per heavy atom. The van der Waals surface area contributed by atoms with Crippen molar-refractivity contribution in [2.24, 2.45) is 0 Å². The average Bonchev–Trinajstić information content (AvgIpc) is 3.43. The van der Waals surface area contributed by atoms with Crippen LogP contribution in [0.4, 0.5) is 0 Å². The number of aliphatic hydroxyl groups is 5. The summed E-state index contributed by atoms with van der Waals surface area (Å²) in [4.78, 5) is 13.1. The quantitative estimate of drug-likeness (QED) is 0.0261. The molecule has 1 amide bonds. The highest BCUT2D eigenvalue weighted by Crippen LogP contribution is 2.23. The topological polar surface area (TPSA) is 149 Å². The zero-order valence-corrected chi connectivity index (χ0v) is 50.5. The molecule has 1 saturated heterocycles. The number of carbonyl (C=O) groups is 1. The molecule has 7 atom stereocenters. The van der Waals surface area contributed by atoms with Gasteiger partial charge in [0, 0.05) is 6.42 Å². The van der Waals surface area contributed by atoms with Crippen LogP contribution in [0.15, 0.2) is 48.6 Å². The first-order chi connectivity index (χ1) is 37.8. The fourth-order valence-corrected chi connectivity index (χ4v) is 10.6. The summed E-state index contributed by atoms with van der Waals surface area (Å²) in [5.74, 6) is -0.186. The number of unbranched alkanes of at least 4 members (excludes halogenated alkanes) is 42. The van der Waals surface area contributed by atoms with Gasteiger partial charge in [0.05, 0.1) is 25.4 Å². The number of carbonyl (C=O) groups excluding carboxylic acids is 1. The number of ether oxygens (including phenoxy) is 2. The Morgan fingerprint density at radius 1 is 0.442 bits per heavy atom. The molecular weight excluding hydrogens is 959 g/mol. The third-order valence-corrected chi connectivity index (χ3v) is 15.9. The summed E-state index contributed by atoms with van der Waals surface area (Å²) in [7, 11) is 0. The van der Waals surface area contributed by atoms with E-state index in [0.29, 0.717) is 6.42 Å². The second-order valence-corrected chi connectivity index (χ2v) is 23.3. The Balaban J connectivity index is 2.17. The first-order valence-electron chi connectivity index (χ1n) is 33.4. The first kappa shape index (κ1) is 73.2. The standard InChI is InChI=1S/C68H127NO8/c1-3-5-7-9-11-13-15-17-19-21-23-25-27-28-29-30-31-32-33-34-36-37-39-41-43-45-47-49-51-53-55-57-62(71)61(60-76-68-67(75)66(74)65(73)63(59-70)77-68)69-64(72)58-56-54-52-50-48-46-44-42-40-38-35-26-24-22-20-18-16-14-12-10-8-6-4-2/h16,18,22,24,47,49,55,57,61-63,65-68,70-71,73-75H,3-15,17,19-21,23,25-46,48,50-54,56,58-60H2,1-2H3,(H,69,72)/b18-16-,24-22-,49-47+,57-55+. The summed E-state index contributed by atoms with van der Waals surface area (Å²) in [5, 5.41) is 54.7. The lowest BCUT2D eigenvalue weighted by Gasteiger charge is -2.40. The molecule has 0 aromatic rings. The van der Waals surface area contributed by atoms with E-state index in [1.807, 2.05) is 6.08 Å². The van der Waals surface area contributed by atoms with Crippen molar-refractivity contribution in [2.75, 3.05) is 13.2 Å². The van der Waals surface area contributed by atoms with Crippen molar-refractivity contribution in [3.05, 3.63) is 48.6 Å². The van der Waals surface area contributed by atoms with Crippen LogP contribution in [0.2, 0.25) is 0 Å². The van der Waals surface area contributed by atoms with Crippen LogP contribution in [0.5, 0.6) is 0 Å². The minimum Gasteiger partial charge on any atom is -0.394 e. The van der Waals surface area contributed by atoms with Gasteiger partial charge in [-0.2, -0.15) is 0 Å². The summed E-state index contributed by atoms with van der Waals surface area (Å²) in [5.41, 5.74) is 0. The van der Waals surface area contributed by atoms with Gasteiger partial charge in [-0.15, -0.1) is 0 Å². The number of aliphatic hydroxyl groups excluding tert-OH is 5. The van der Waals surface area contributed by atoms with Crippen molar-refractivity contribution >= 4 is 5.91 Å². The van der Waals surface area contributed by atoms with Crippen molar-refractivity contribution in [3.63, 3.8) is 0 Å². The molecule has 0 aromatic heterocycles. The number of nitrogens with one attached hydrogen (secondary N) is 1. The first-order valence-corrected chi connectivity index (χ1v) is 33.4. The van der Waals surface area contributed by atoms with E-state index in [1.165, 1.54) is 257 Å². The van der Waals surface area contributed by atoms with Gasteiger partial charge >= 0.3 is 0 Å². The molecule has 1 rings (SSSR count). The van der Waals surface area contributed by atoms with Crippen LogP contribution in [0, 0.1) is 0 Å². The fraction of sp³-hybridized carbons (Fsp3) is 0.868. The lowest BCUT2D eigenvalue weighted by Crippen LogP contribution is -2.60. The van der Waals surface area contributed by atoms with Gasteiger partial charge in [0.15, 0.2) is 6.29 Å². The van der Waals surface area contributed by atoms with Crippen LogP contribution >= 0.6 is 0 Å². The van der Waals surface area contributed by atoms with Gasteiger partial charge in [0.25, 0.3) is 0 Å². The predicted octanol–water partition coefficient (Wildman–Crippen LogP) is 17.6. The Morgan fingerprint density at radius 2 is 0.779 bits per heavy atom. The molecule has 0 bridgehead atoms. The van der Waals surface area contributed by atoms with Gasteiger partial charge in [0.1, 0.15) is 24.4 Å². The van der Waals surface area contributed by atoms with E-state index in [4.69, 9.17) is 9.47 Å². The maximum absolute atomic E-state index is 13.1. The Kier molecular flexibility index (Phi) is 54.5. The normalized spacial score (nSPS) is 19.0. The molecule has 9 nitrogen and oxygen atoms in total. The molecule has 7 unspecified atom stereocenters. The van der Waals surface area contributed by atoms with Crippen LogP contribution < -0.4 is 5.32 Å². The Hall–Kier alpha value is -1.85. The van der Waals surface area contributed by atoms with E-state index in [9.17, 15) is 30.3 Å². The van der Waals surface area contributed by atoms with Gasteiger partial charge in [-0.05, 0) is 64.2 Å². The van der Waals surface area contributed by atoms with Gasteiger partial charge in [-0.1, -0.05) is 300 Å². The van der Waals surface area contributed by atoms with E-state index < -0.39 is 49.5 Å². The van der Waals surface area contributed by atoms with E-state index in [0.717, 1.165) is 44.9 Å². The van der Waals surface area contributed by atoms with Gasteiger partial charge in [-0.25, -0.2) is 0 Å². The smallest absolute Gasteiger partial charge is 0.220 e. The molecule has 0 aromatic carbocycles. The Labute approximate surface area is 475 Å². The van der Waals surface area contributed by atoms with Crippen molar-refractivity contribution in [1.82, 2.24) is 5.32 Å². The summed E-state index contributed by atoms with van der Waals surface area (Å²) in [6, 6.07) is -0.825. The van der Waals surface area contributed by atoms with Crippen molar-refractivity contribution in [1.29, 1.82) is 0 Å². The number of hydrogen-bond donors (Lipinski definition) is 6. The van der Waals surface area contributed by atoms with Gasteiger partial charge < -0.3 is 40.3 Å². The molecule has 0 radical (unpaired) electrons. The van der Waals surface area contributed by atoms with Crippen LogP contribution in [-0.4, -0.2) is 87.5 Å². The monoisotopic (exact) mass is 1090 g/mol. The van der Waals surface area contributed by atoms with Crippen LogP contribution in [0.3, 0.4) is 0 Å². The molecule has 1 heterocycles. The highest BCUT2D eigenvalue weighted by molar-refractivity contribution is 5.76. The lowest BCUT2D eigenvalue weighted by atomic mass is 9.99. The molecule has 0 spiro atoms. The van der Waals surface area contributed by atoms with Gasteiger partial charge in [-0.3, -0.25) is 4.79 Å². The van der Waals surface area contributed by atoms with Crippen molar-refractivity contribution in [2.45, 2.75) is 365 Å². The van der Waals surface area contributed by atoms with E-state index in [1.54, 1.807) is 6.08 Å². The van der Waals surface area contributed by atoms with E-state index in [2.05, 4.69) is 55.6 Å². The highest BCUT2D eigenvalue weighted by Gasteiger charge is 2.44. The minimum atomic E-state index is -1.57. The van der Waals surface area contributed by atoms with E-state index in [-0.39, 0.29) is 12.5 Å². The molecule has 9 heteroatoms.